The average Bonchev–Trinajstić information content (AvgIpc) is 1.99. The van der Waals surface area contributed by atoms with Gasteiger partial charge in [-0.1, -0.05) is 6.42 Å². The minimum atomic E-state index is 0.506. The first-order valence-electron chi connectivity index (χ1n) is 3.95. The van der Waals surface area contributed by atoms with E-state index < -0.39 is 0 Å². The molecule has 3 nitrogen and oxygen atoms in total. The topological polar surface area (TPSA) is 78.1 Å². The molecule has 0 aliphatic carbocycles. The van der Waals surface area contributed by atoms with Crippen molar-refractivity contribution in [1.82, 2.24) is 0 Å². The Balaban J connectivity index is 3.09. The second-order valence-electron chi connectivity index (χ2n) is 2.62. The molecular weight excluding hydrogens is 126 g/mol. The van der Waals surface area contributed by atoms with Crippen LogP contribution in [0.2, 0.25) is 0 Å². The zero-order valence-corrected chi connectivity index (χ0v) is 6.55. The number of rotatable bonds is 6. The molecule has 10 heavy (non-hydrogen) atoms. The first kappa shape index (κ1) is 9.88. The molecule has 0 saturated carbocycles. The zero-order chi connectivity index (χ0) is 7.82. The number of hydrogen-bond acceptors (Lipinski definition) is 3. The standard InChI is InChI=1S/C7H19N3/c8-4-2-1-3-7(5-9)6-10/h7H,1-6,8-10H2. The molecule has 0 radical (unpaired) electrons. The highest BCUT2D eigenvalue weighted by Gasteiger charge is 2.01. The molecule has 0 aromatic rings. The summed E-state index contributed by atoms with van der Waals surface area (Å²) >= 11 is 0. The molecule has 0 aromatic carbocycles. The molecule has 0 rings (SSSR count). The third-order valence-electron chi connectivity index (χ3n) is 1.73. The van der Waals surface area contributed by atoms with Gasteiger partial charge >= 0.3 is 0 Å². The van der Waals surface area contributed by atoms with E-state index in [4.69, 9.17) is 17.2 Å². The molecule has 0 heterocycles. The fraction of sp³-hybridized carbons (Fsp3) is 1.00. The highest BCUT2D eigenvalue weighted by atomic mass is 14.6. The van der Waals surface area contributed by atoms with Gasteiger partial charge in [0.05, 0.1) is 0 Å². The third-order valence-corrected chi connectivity index (χ3v) is 1.73. The lowest BCUT2D eigenvalue weighted by Gasteiger charge is -2.10. The molecule has 0 spiro atoms. The van der Waals surface area contributed by atoms with Gasteiger partial charge in [-0.05, 0) is 38.4 Å². The Morgan fingerprint density at radius 3 is 1.90 bits per heavy atom. The van der Waals surface area contributed by atoms with Crippen LogP contribution in [0.25, 0.3) is 0 Å². The molecule has 3 heteroatoms. The van der Waals surface area contributed by atoms with Crippen LogP contribution in [0.4, 0.5) is 0 Å². The smallest absolute Gasteiger partial charge is 0.00368 e. The number of hydrogen-bond donors (Lipinski definition) is 3. The van der Waals surface area contributed by atoms with E-state index in [0.717, 1.165) is 25.8 Å². The van der Waals surface area contributed by atoms with Gasteiger partial charge < -0.3 is 17.2 Å². The van der Waals surface area contributed by atoms with Crippen molar-refractivity contribution in [3.8, 4) is 0 Å². The fourth-order valence-corrected chi connectivity index (χ4v) is 0.909. The van der Waals surface area contributed by atoms with Crippen LogP contribution in [0.3, 0.4) is 0 Å². The largest absolute Gasteiger partial charge is 0.330 e. The Labute approximate surface area is 62.9 Å². The van der Waals surface area contributed by atoms with Crippen molar-refractivity contribution in [3.63, 3.8) is 0 Å². The summed E-state index contributed by atoms with van der Waals surface area (Å²) in [6.07, 6.45) is 3.39. The van der Waals surface area contributed by atoms with Gasteiger partial charge in [-0.2, -0.15) is 0 Å². The predicted molar refractivity (Wildman–Crippen MR) is 44.5 cm³/mol. The van der Waals surface area contributed by atoms with Gasteiger partial charge in [-0.3, -0.25) is 0 Å². The summed E-state index contributed by atoms with van der Waals surface area (Å²) in [7, 11) is 0. The molecule has 0 amide bonds. The molecule has 0 saturated heterocycles. The molecule has 0 atom stereocenters. The maximum Gasteiger partial charge on any atom is -0.00368 e. The molecule has 0 bridgehead atoms. The molecule has 0 aliphatic rings. The van der Waals surface area contributed by atoms with Crippen molar-refractivity contribution in [2.24, 2.45) is 23.1 Å². The molecule has 62 valence electrons. The Kier molecular flexibility index (Phi) is 6.91. The van der Waals surface area contributed by atoms with Crippen LogP contribution in [0.1, 0.15) is 19.3 Å². The van der Waals surface area contributed by atoms with Crippen molar-refractivity contribution >= 4 is 0 Å². The van der Waals surface area contributed by atoms with Crippen LogP contribution in [0, 0.1) is 5.92 Å². The molecule has 6 N–H and O–H groups in total. The summed E-state index contributed by atoms with van der Waals surface area (Å²) in [4.78, 5) is 0. The zero-order valence-electron chi connectivity index (χ0n) is 6.55. The van der Waals surface area contributed by atoms with Gasteiger partial charge in [0.15, 0.2) is 0 Å². The predicted octanol–water partition coefficient (Wildman–Crippen LogP) is -0.351. The van der Waals surface area contributed by atoms with Gasteiger partial charge in [0.2, 0.25) is 0 Å². The van der Waals surface area contributed by atoms with Crippen LogP contribution in [-0.4, -0.2) is 19.6 Å². The van der Waals surface area contributed by atoms with Crippen LogP contribution >= 0.6 is 0 Å². The average molecular weight is 145 g/mol. The van der Waals surface area contributed by atoms with Crippen LogP contribution in [0.15, 0.2) is 0 Å². The first-order chi connectivity index (χ1) is 4.85. The molecule has 0 aliphatic heterocycles. The van der Waals surface area contributed by atoms with E-state index in [9.17, 15) is 0 Å². The summed E-state index contributed by atoms with van der Waals surface area (Å²) in [6.45, 7) is 2.20. The van der Waals surface area contributed by atoms with Gasteiger partial charge in [-0.25, -0.2) is 0 Å². The van der Waals surface area contributed by atoms with Crippen molar-refractivity contribution in [2.75, 3.05) is 19.6 Å². The Bertz CT molecular complexity index is 61.9. The minimum absolute atomic E-state index is 0.506. The van der Waals surface area contributed by atoms with Crippen molar-refractivity contribution < 1.29 is 0 Å². The molecule has 0 fully saturated rings. The van der Waals surface area contributed by atoms with Gasteiger partial charge in [-0.15, -0.1) is 0 Å². The van der Waals surface area contributed by atoms with Crippen molar-refractivity contribution in [1.29, 1.82) is 0 Å². The molecule has 0 unspecified atom stereocenters. The molecular formula is C7H19N3. The lowest BCUT2D eigenvalue weighted by molar-refractivity contribution is 0.480. The van der Waals surface area contributed by atoms with E-state index in [1.54, 1.807) is 0 Å². The minimum Gasteiger partial charge on any atom is -0.330 e. The van der Waals surface area contributed by atoms with E-state index in [1.165, 1.54) is 0 Å². The number of nitrogens with two attached hydrogens (primary N) is 3. The lowest BCUT2D eigenvalue weighted by Crippen LogP contribution is -2.23. The Morgan fingerprint density at radius 2 is 1.50 bits per heavy atom. The van der Waals surface area contributed by atoms with Crippen LogP contribution in [0.5, 0.6) is 0 Å². The monoisotopic (exact) mass is 145 g/mol. The second kappa shape index (κ2) is 6.99. The van der Waals surface area contributed by atoms with E-state index in [2.05, 4.69) is 0 Å². The van der Waals surface area contributed by atoms with E-state index >= 15 is 0 Å². The quantitative estimate of drug-likeness (QED) is 0.447. The summed E-state index contributed by atoms with van der Waals surface area (Å²) in [5.74, 6) is 0.506. The van der Waals surface area contributed by atoms with Crippen molar-refractivity contribution in [2.45, 2.75) is 19.3 Å². The third kappa shape index (κ3) is 4.73. The van der Waals surface area contributed by atoms with Gasteiger partial charge in [0.25, 0.3) is 0 Å². The Morgan fingerprint density at radius 1 is 0.900 bits per heavy atom. The van der Waals surface area contributed by atoms with Crippen LogP contribution < -0.4 is 17.2 Å². The van der Waals surface area contributed by atoms with Crippen LogP contribution in [-0.2, 0) is 0 Å². The summed E-state index contributed by atoms with van der Waals surface area (Å²) < 4.78 is 0. The molecule has 0 aromatic heterocycles. The maximum absolute atomic E-state index is 5.45. The van der Waals surface area contributed by atoms with Gasteiger partial charge in [0, 0.05) is 0 Å². The fourth-order valence-electron chi connectivity index (χ4n) is 0.909. The Hall–Kier alpha value is -0.120. The van der Waals surface area contributed by atoms with E-state index in [0.29, 0.717) is 19.0 Å². The lowest BCUT2D eigenvalue weighted by atomic mass is 10.0. The summed E-state index contributed by atoms with van der Waals surface area (Å²) in [6, 6.07) is 0. The first-order valence-corrected chi connectivity index (χ1v) is 3.95. The summed E-state index contributed by atoms with van der Waals surface area (Å²) in [5.41, 5.74) is 16.2. The summed E-state index contributed by atoms with van der Waals surface area (Å²) in [5, 5.41) is 0. The van der Waals surface area contributed by atoms with Crippen molar-refractivity contribution in [3.05, 3.63) is 0 Å². The van der Waals surface area contributed by atoms with Gasteiger partial charge in [0.1, 0.15) is 0 Å². The highest BCUT2D eigenvalue weighted by molar-refractivity contribution is 4.60. The maximum atomic E-state index is 5.45. The SMILES string of the molecule is NCCCCC(CN)CN. The normalized spacial score (nSPS) is 10.8. The number of unbranched alkanes of at least 4 members (excludes halogenated alkanes) is 1. The van der Waals surface area contributed by atoms with E-state index in [-0.39, 0.29) is 0 Å². The van der Waals surface area contributed by atoms with E-state index in [1.807, 2.05) is 0 Å². The second-order valence-corrected chi connectivity index (χ2v) is 2.62. The highest BCUT2D eigenvalue weighted by Crippen LogP contribution is 2.04.